The van der Waals surface area contributed by atoms with Crippen molar-refractivity contribution < 1.29 is 33.4 Å². The number of nitrogens with two attached hydrogens (primary N) is 2. The Balaban J connectivity index is 2.44. The minimum Gasteiger partial charge on any atom is -0.469 e. The molecule has 11 nitrogen and oxygen atoms in total. The summed E-state index contributed by atoms with van der Waals surface area (Å²) in [5.41, 5.74) is 8.81. The highest BCUT2D eigenvalue weighted by atomic mass is 16.5. The van der Waals surface area contributed by atoms with Crippen LogP contribution in [0.1, 0.15) is 12.0 Å². The minimum absolute atomic E-state index is 0.187. The molecule has 1 spiro atoms. The van der Waals surface area contributed by atoms with E-state index >= 15 is 0 Å². The molecule has 0 unspecified atom stereocenters. The van der Waals surface area contributed by atoms with E-state index in [1.807, 2.05) is 6.07 Å². The summed E-state index contributed by atoms with van der Waals surface area (Å²) in [6, 6.07) is 8.05. The number of primary amides is 1. The van der Waals surface area contributed by atoms with Crippen LogP contribution in [0.4, 0.5) is 5.69 Å². The van der Waals surface area contributed by atoms with E-state index in [1.165, 1.54) is 12.1 Å². The van der Waals surface area contributed by atoms with Gasteiger partial charge < -0.3 is 30.6 Å². The summed E-state index contributed by atoms with van der Waals surface area (Å²) < 4.78 is 14.9. The lowest BCUT2D eigenvalue weighted by Gasteiger charge is -2.35. The first kappa shape index (κ1) is 21.4. The van der Waals surface area contributed by atoms with Gasteiger partial charge in [0, 0.05) is 11.3 Å². The molecule has 3 rings (SSSR count). The van der Waals surface area contributed by atoms with Gasteiger partial charge in [-0.3, -0.25) is 14.4 Å². The van der Waals surface area contributed by atoms with Gasteiger partial charge >= 0.3 is 11.9 Å². The maximum atomic E-state index is 13.8. The molecule has 0 aliphatic carbocycles. The number of amides is 2. The van der Waals surface area contributed by atoms with Crippen molar-refractivity contribution in [3.05, 3.63) is 52.6 Å². The van der Waals surface area contributed by atoms with E-state index < -0.39 is 53.6 Å². The Hall–Kier alpha value is -4.33. The number of fused-ring (bicyclic) bond motifs is 2. The van der Waals surface area contributed by atoms with Crippen LogP contribution in [0.3, 0.4) is 0 Å². The van der Waals surface area contributed by atoms with Crippen molar-refractivity contribution >= 4 is 29.4 Å². The third-order valence-corrected chi connectivity index (χ3v) is 5.02. The average molecular weight is 426 g/mol. The summed E-state index contributed by atoms with van der Waals surface area (Å²) in [5.74, 6) is -4.24. The number of rotatable bonds is 5. The van der Waals surface area contributed by atoms with E-state index in [0.717, 1.165) is 19.1 Å². The average Bonchev–Trinajstić information content (AvgIpc) is 2.97. The molecule has 0 radical (unpaired) electrons. The predicted octanol–water partition coefficient (Wildman–Crippen LogP) is -0.529. The molecule has 31 heavy (non-hydrogen) atoms. The van der Waals surface area contributed by atoms with E-state index in [9.17, 15) is 24.4 Å². The van der Waals surface area contributed by atoms with Crippen molar-refractivity contribution in [2.45, 2.75) is 11.8 Å². The van der Waals surface area contributed by atoms with E-state index in [-0.39, 0.29) is 22.6 Å². The zero-order valence-corrected chi connectivity index (χ0v) is 16.6. The first-order valence-electron chi connectivity index (χ1n) is 8.90. The molecule has 2 amide bonds. The smallest absolute Gasteiger partial charge is 0.339 e. The van der Waals surface area contributed by atoms with E-state index in [1.54, 1.807) is 12.1 Å². The van der Waals surface area contributed by atoms with Crippen LogP contribution in [0.15, 0.2) is 47.1 Å². The minimum atomic E-state index is -2.10. The second-order valence-corrected chi connectivity index (χ2v) is 6.62. The molecule has 2 heterocycles. The fourth-order valence-corrected chi connectivity index (χ4v) is 3.84. The van der Waals surface area contributed by atoms with Crippen LogP contribution in [-0.4, -0.2) is 44.5 Å². The molecule has 0 saturated heterocycles. The fraction of sp³-hybridized carbons (Fsp3) is 0.250. The van der Waals surface area contributed by atoms with Gasteiger partial charge in [0.25, 0.3) is 0 Å². The number of ether oxygens (including phenoxy) is 3. The maximum Gasteiger partial charge on any atom is 0.339 e. The molecule has 160 valence electrons. The van der Waals surface area contributed by atoms with Crippen LogP contribution in [0.2, 0.25) is 0 Å². The highest BCUT2D eigenvalue weighted by Gasteiger charge is 2.62. The largest absolute Gasteiger partial charge is 0.469 e. The van der Waals surface area contributed by atoms with Crippen molar-refractivity contribution in [1.29, 1.82) is 5.26 Å². The summed E-state index contributed by atoms with van der Waals surface area (Å²) in [6.45, 7) is -0.516. The second-order valence-electron chi connectivity index (χ2n) is 6.62. The third-order valence-electron chi connectivity index (χ3n) is 5.02. The van der Waals surface area contributed by atoms with Crippen LogP contribution in [0.25, 0.3) is 0 Å². The maximum absolute atomic E-state index is 13.8. The van der Waals surface area contributed by atoms with E-state index in [0.29, 0.717) is 0 Å². The van der Waals surface area contributed by atoms with Crippen LogP contribution in [0, 0.1) is 11.3 Å². The van der Waals surface area contributed by atoms with Crippen molar-refractivity contribution in [2.24, 2.45) is 11.5 Å². The van der Waals surface area contributed by atoms with Gasteiger partial charge in [0.2, 0.25) is 17.7 Å². The topological polar surface area (TPSA) is 175 Å². The Bertz CT molecular complexity index is 1110. The summed E-state index contributed by atoms with van der Waals surface area (Å²) in [6.07, 6.45) is -0.562. The summed E-state index contributed by atoms with van der Waals surface area (Å²) in [5, 5.41) is 9.89. The Labute approximate surface area is 176 Å². The van der Waals surface area contributed by atoms with Gasteiger partial charge in [0.05, 0.1) is 14.2 Å². The van der Waals surface area contributed by atoms with Crippen LogP contribution >= 0.6 is 0 Å². The number of para-hydroxylation sites is 1. The highest BCUT2D eigenvalue weighted by molar-refractivity contribution is 6.20. The lowest BCUT2D eigenvalue weighted by molar-refractivity contribution is -0.141. The molecule has 2 aliphatic rings. The molecule has 0 aromatic heterocycles. The first-order chi connectivity index (χ1) is 14.7. The number of carbonyl (C=O) groups excluding carboxylic acids is 4. The normalized spacial score (nSPS) is 19.6. The SMILES string of the molecule is COC(=O)CC1=C(C(=O)OC)[C@]2(C(=O)N(CC(N)=O)c3ccccc32)C(C#N)=C(N)O1. The van der Waals surface area contributed by atoms with Crippen LogP contribution in [0.5, 0.6) is 0 Å². The van der Waals surface area contributed by atoms with Crippen molar-refractivity contribution in [3.63, 3.8) is 0 Å². The lowest BCUT2D eigenvalue weighted by atomic mass is 9.68. The van der Waals surface area contributed by atoms with Gasteiger partial charge in [-0.2, -0.15) is 5.26 Å². The molecular weight excluding hydrogens is 408 g/mol. The molecule has 1 aromatic rings. The molecule has 0 bridgehead atoms. The van der Waals surface area contributed by atoms with Crippen molar-refractivity contribution in [3.8, 4) is 6.07 Å². The summed E-state index contributed by atoms with van der Waals surface area (Å²) in [7, 11) is 2.20. The standard InChI is InChI=1S/C20H18N4O7/c1-29-15(26)7-13-16(18(27)30-2)20(11(8-21)17(23)31-13)10-5-3-4-6-12(10)24(19(20)28)9-14(22)25/h3-6H,7,9,23H2,1-2H3,(H2,22,25)/t20-/m1/s1. The number of nitrogens with zero attached hydrogens (tertiary/aromatic N) is 2. The zero-order chi connectivity index (χ0) is 22.9. The quantitative estimate of drug-likeness (QED) is 0.586. The van der Waals surface area contributed by atoms with Crippen molar-refractivity contribution in [2.75, 3.05) is 25.7 Å². The number of hydrogen-bond acceptors (Lipinski definition) is 9. The summed E-state index contributed by atoms with van der Waals surface area (Å²) >= 11 is 0. The number of benzene rings is 1. The van der Waals surface area contributed by atoms with Gasteiger partial charge in [-0.15, -0.1) is 0 Å². The Morgan fingerprint density at radius 1 is 1.23 bits per heavy atom. The van der Waals surface area contributed by atoms with Crippen LogP contribution < -0.4 is 16.4 Å². The van der Waals surface area contributed by atoms with E-state index in [2.05, 4.69) is 4.74 Å². The van der Waals surface area contributed by atoms with Gasteiger partial charge in [0.1, 0.15) is 35.9 Å². The number of methoxy groups -OCH3 is 2. The number of anilines is 1. The first-order valence-corrected chi connectivity index (χ1v) is 8.90. The molecule has 0 fully saturated rings. The number of hydrogen-bond donors (Lipinski definition) is 2. The van der Waals surface area contributed by atoms with Gasteiger partial charge in [-0.25, -0.2) is 4.79 Å². The Morgan fingerprint density at radius 3 is 2.48 bits per heavy atom. The second kappa shape index (κ2) is 7.83. The fourth-order valence-electron chi connectivity index (χ4n) is 3.84. The zero-order valence-electron chi connectivity index (χ0n) is 16.6. The number of nitriles is 1. The predicted molar refractivity (Wildman–Crippen MR) is 103 cm³/mol. The molecule has 0 saturated carbocycles. The lowest BCUT2D eigenvalue weighted by Crippen LogP contribution is -2.50. The third kappa shape index (κ3) is 3.05. The highest BCUT2D eigenvalue weighted by Crippen LogP contribution is 2.54. The van der Waals surface area contributed by atoms with Gasteiger partial charge in [0.15, 0.2) is 5.41 Å². The summed E-state index contributed by atoms with van der Waals surface area (Å²) in [4.78, 5) is 51.4. The molecule has 11 heteroatoms. The van der Waals surface area contributed by atoms with E-state index in [4.69, 9.17) is 20.9 Å². The molecule has 1 aromatic carbocycles. The van der Waals surface area contributed by atoms with Gasteiger partial charge in [-0.1, -0.05) is 18.2 Å². The van der Waals surface area contributed by atoms with Gasteiger partial charge in [-0.05, 0) is 6.07 Å². The number of esters is 2. The molecular formula is C20H18N4O7. The number of carbonyl (C=O) groups is 4. The van der Waals surface area contributed by atoms with Crippen LogP contribution in [-0.2, 0) is 38.8 Å². The monoisotopic (exact) mass is 426 g/mol. The molecule has 1 atom stereocenters. The molecule has 4 N–H and O–H groups in total. The molecule has 2 aliphatic heterocycles. The van der Waals surface area contributed by atoms with Crippen molar-refractivity contribution in [1.82, 2.24) is 0 Å². The Kier molecular flexibility index (Phi) is 5.40. The Morgan fingerprint density at radius 2 is 1.90 bits per heavy atom.